The van der Waals surface area contributed by atoms with E-state index in [4.69, 9.17) is 14.3 Å². The first kappa shape index (κ1) is 22.1. The molecule has 0 atom stereocenters. The average molecular weight is 425 g/mol. The van der Waals surface area contributed by atoms with Crippen LogP contribution in [-0.4, -0.2) is 39.7 Å². The van der Waals surface area contributed by atoms with Crippen molar-refractivity contribution in [3.8, 4) is 17.2 Å². The van der Waals surface area contributed by atoms with E-state index in [0.717, 1.165) is 30.5 Å². The molecule has 0 aliphatic rings. The molecule has 0 radical (unpaired) electrons. The van der Waals surface area contributed by atoms with Crippen molar-refractivity contribution >= 4 is 5.71 Å². The van der Waals surface area contributed by atoms with Gasteiger partial charge in [-0.15, -0.1) is 0 Å². The zero-order valence-corrected chi connectivity index (χ0v) is 18.2. The van der Waals surface area contributed by atoms with Gasteiger partial charge in [-0.25, -0.2) is 4.79 Å². The highest BCUT2D eigenvalue weighted by Crippen LogP contribution is 2.26. The van der Waals surface area contributed by atoms with Crippen LogP contribution in [0.25, 0.3) is 5.69 Å². The first-order valence-corrected chi connectivity index (χ1v) is 10.1. The van der Waals surface area contributed by atoms with Crippen molar-refractivity contribution in [2.75, 3.05) is 14.2 Å². The lowest BCUT2D eigenvalue weighted by Crippen LogP contribution is -2.23. The Morgan fingerprint density at radius 1 is 1.13 bits per heavy atom. The number of benzene rings is 2. The summed E-state index contributed by atoms with van der Waals surface area (Å²) in [6, 6.07) is 13.1. The van der Waals surface area contributed by atoms with E-state index in [1.807, 2.05) is 30.3 Å². The van der Waals surface area contributed by atoms with Crippen molar-refractivity contribution < 1.29 is 14.3 Å². The molecule has 9 heteroatoms. The number of aryl methyl sites for hydroxylation is 1. The van der Waals surface area contributed by atoms with E-state index in [1.54, 1.807) is 33.4 Å². The van der Waals surface area contributed by atoms with Gasteiger partial charge in [0.25, 0.3) is 0 Å². The number of nitrogens with zero attached hydrogens (tertiary/aromatic N) is 5. The number of hydrogen-bond acceptors (Lipinski definition) is 7. The molecule has 0 aliphatic heterocycles. The summed E-state index contributed by atoms with van der Waals surface area (Å²) in [6.07, 6.45) is 2.90. The molecule has 1 aromatic heterocycles. The summed E-state index contributed by atoms with van der Waals surface area (Å²) in [5.41, 5.74) is 2.71. The molecule has 0 saturated heterocycles. The summed E-state index contributed by atoms with van der Waals surface area (Å²) in [5, 5.41) is 11.9. The number of methoxy groups -OCH3 is 1. The maximum absolute atomic E-state index is 12.4. The molecule has 0 aliphatic carbocycles. The molecule has 0 spiro atoms. The number of rotatable bonds is 10. The van der Waals surface area contributed by atoms with E-state index < -0.39 is 0 Å². The fourth-order valence-corrected chi connectivity index (χ4v) is 3.17. The largest absolute Gasteiger partial charge is 0.496 e. The van der Waals surface area contributed by atoms with Gasteiger partial charge >= 0.3 is 5.69 Å². The Bertz CT molecular complexity index is 1100. The zero-order chi connectivity index (χ0) is 22.2. The Kier molecular flexibility index (Phi) is 7.42. The summed E-state index contributed by atoms with van der Waals surface area (Å²) < 4.78 is 14.0. The second-order valence-electron chi connectivity index (χ2n) is 6.90. The Morgan fingerprint density at radius 2 is 1.94 bits per heavy atom. The van der Waals surface area contributed by atoms with Crippen LogP contribution in [0.1, 0.15) is 37.3 Å². The lowest BCUT2D eigenvalue weighted by Gasteiger charge is -2.14. The molecule has 1 heterocycles. The van der Waals surface area contributed by atoms with Crippen LogP contribution in [0, 0.1) is 0 Å². The second kappa shape index (κ2) is 10.4. The molecule has 31 heavy (non-hydrogen) atoms. The number of tetrazole rings is 1. The molecule has 0 fully saturated rings. The van der Waals surface area contributed by atoms with E-state index in [1.165, 1.54) is 9.36 Å². The molecule has 0 saturated carbocycles. The van der Waals surface area contributed by atoms with Gasteiger partial charge < -0.3 is 14.3 Å². The highest BCUT2D eigenvalue weighted by atomic mass is 16.6. The standard InChI is InChI=1S/C22H27N5O4/c1-5-6-11-19(23-30-4)16-9-7-10-17(14-16)31-15-18-20(12-8-13-21(18)29-3)27-22(28)26(2)24-25-27/h7-10,12-14H,5-6,11,15H2,1-4H3/b23-19+. The number of ether oxygens (including phenoxy) is 2. The first-order valence-electron chi connectivity index (χ1n) is 10.1. The van der Waals surface area contributed by atoms with Crippen molar-refractivity contribution in [2.24, 2.45) is 12.2 Å². The normalized spacial score (nSPS) is 11.4. The molecular formula is C22H27N5O4. The maximum Gasteiger partial charge on any atom is 0.368 e. The number of aromatic nitrogens is 4. The summed E-state index contributed by atoms with van der Waals surface area (Å²) in [6.45, 7) is 2.31. The van der Waals surface area contributed by atoms with Crippen molar-refractivity contribution in [3.63, 3.8) is 0 Å². The quantitative estimate of drug-likeness (QED) is 0.366. The average Bonchev–Trinajstić information content (AvgIpc) is 3.13. The third-order valence-corrected chi connectivity index (χ3v) is 4.80. The van der Waals surface area contributed by atoms with Crippen LogP contribution in [0.2, 0.25) is 0 Å². The van der Waals surface area contributed by atoms with E-state index >= 15 is 0 Å². The number of oxime groups is 1. The minimum atomic E-state index is -0.354. The Labute approximate surface area is 180 Å². The van der Waals surface area contributed by atoms with Crippen LogP contribution in [0.15, 0.2) is 52.4 Å². The third kappa shape index (κ3) is 5.11. The molecule has 9 nitrogen and oxygen atoms in total. The van der Waals surface area contributed by atoms with Crippen LogP contribution in [0.3, 0.4) is 0 Å². The van der Waals surface area contributed by atoms with Crippen LogP contribution in [0.4, 0.5) is 0 Å². The van der Waals surface area contributed by atoms with Gasteiger partial charge in [0.1, 0.15) is 25.2 Å². The van der Waals surface area contributed by atoms with Crippen LogP contribution in [-0.2, 0) is 18.5 Å². The van der Waals surface area contributed by atoms with Crippen LogP contribution in [0.5, 0.6) is 11.5 Å². The highest BCUT2D eigenvalue weighted by molar-refractivity contribution is 6.00. The van der Waals surface area contributed by atoms with E-state index in [-0.39, 0.29) is 12.3 Å². The van der Waals surface area contributed by atoms with Crippen LogP contribution < -0.4 is 15.2 Å². The predicted octanol–water partition coefficient (Wildman–Crippen LogP) is 3.09. The lowest BCUT2D eigenvalue weighted by molar-refractivity contribution is 0.212. The molecule has 0 unspecified atom stereocenters. The van der Waals surface area contributed by atoms with E-state index in [9.17, 15) is 4.79 Å². The molecule has 0 N–H and O–H groups in total. The topological polar surface area (TPSA) is 92.8 Å². The van der Waals surface area contributed by atoms with Gasteiger partial charge in [-0.2, -0.15) is 9.36 Å². The molecule has 3 aromatic rings. The van der Waals surface area contributed by atoms with Gasteiger partial charge in [0.05, 0.1) is 24.1 Å². The fraction of sp³-hybridized carbons (Fsp3) is 0.364. The zero-order valence-electron chi connectivity index (χ0n) is 18.2. The predicted molar refractivity (Wildman–Crippen MR) is 117 cm³/mol. The molecular weight excluding hydrogens is 398 g/mol. The Morgan fingerprint density at radius 3 is 2.61 bits per heavy atom. The van der Waals surface area contributed by atoms with Crippen molar-refractivity contribution in [1.29, 1.82) is 0 Å². The SMILES string of the molecule is CCCC/C(=N\OC)c1cccc(OCc2c(OC)cccc2-n2nnn(C)c2=O)c1. The van der Waals surface area contributed by atoms with Crippen molar-refractivity contribution in [3.05, 3.63) is 64.1 Å². The van der Waals surface area contributed by atoms with E-state index in [0.29, 0.717) is 22.7 Å². The smallest absolute Gasteiger partial charge is 0.368 e. The fourth-order valence-electron chi connectivity index (χ4n) is 3.17. The monoisotopic (exact) mass is 425 g/mol. The molecule has 0 bridgehead atoms. The summed E-state index contributed by atoms with van der Waals surface area (Å²) in [7, 11) is 4.67. The van der Waals surface area contributed by atoms with Crippen molar-refractivity contribution in [2.45, 2.75) is 32.8 Å². The Balaban J connectivity index is 1.89. The minimum Gasteiger partial charge on any atom is -0.496 e. The molecule has 164 valence electrons. The first-order chi connectivity index (χ1) is 15.1. The van der Waals surface area contributed by atoms with Gasteiger partial charge in [0.2, 0.25) is 0 Å². The van der Waals surface area contributed by atoms with Gasteiger partial charge in [-0.1, -0.05) is 36.7 Å². The second-order valence-corrected chi connectivity index (χ2v) is 6.90. The van der Waals surface area contributed by atoms with Crippen LogP contribution >= 0.6 is 0 Å². The van der Waals surface area contributed by atoms with Gasteiger partial charge in [0, 0.05) is 12.6 Å². The molecule has 0 amide bonds. The van der Waals surface area contributed by atoms with Gasteiger partial charge in [0.15, 0.2) is 0 Å². The highest BCUT2D eigenvalue weighted by Gasteiger charge is 2.16. The van der Waals surface area contributed by atoms with Crippen molar-refractivity contribution in [1.82, 2.24) is 19.8 Å². The summed E-state index contributed by atoms with van der Waals surface area (Å²) in [4.78, 5) is 17.4. The number of hydrogen-bond donors (Lipinski definition) is 0. The van der Waals surface area contributed by atoms with Gasteiger partial charge in [-0.05, 0) is 47.5 Å². The number of unbranched alkanes of at least 4 members (excludes halogenated alkanes) is 1. The van der Waals surface area contributed by atoms with Gasteiger partial charge in [-0.3, -0.25) is 0 Å². The maximum atomic E-state index is 12.4. The molecule has 2 aromatic carbocycles. The van der Waals surface area contributed by atoms with E-state index in [2.05, 4.69) is 22.5 Å². The summed E-state index contributed by atoms with van der Waals surface area (Å²) in [5.74, 6) is 1.26. The minimum absolute atomic E-state index is 0.178. The Hall–Kier alpha value is -3.62. The molecule has 3 rings (SSSR count). The summed E-state index contributed by atoms with van der Waals surface area (Å²) >= 11 is 0. The lowest BCUT2D eigenvalue weighted by atomic mass is 10.0. The third-order valence-electron chi connectivity index (χ3n) is 4.80.